The van der Waals surface area contributed by atoms with Crippen molar-refractivity contribution in [2.24, 2.45) is 0 Å². The van der Waals surface area contributed by atoms with E-state index in [2.05, 4.69) is 10.2 Å². The first-order valence-corrected chi connectivity index (χ1v) is 6.48. The van der Waals surface area contributed by atoms with Crippen LogP contribution in [0.5, 0.6) is 0 Å². The Kier molecular flexibility index (Phi) is 4.22. The van der Waals surface area contributed by atoms with Crippen molar-refractivity contribution in [1.82, 2.24) is 14.8 Å². The highest BCUT2D eigenvalue weighted by Gasteiger charge is 2.08. The molecule has 0 unspecified atom stereocenters. The second-order valence-corrected chi connectivity index (χ2v) is 4.93. The first kappa shape index (κ1) is 12.9. The predicted octanol–water partition coefficient (Wildman–Crippen LogP) is 2.16. The molecule has 0 amide bonds. The zero-order valence-corrected chi connectivity index (χ0v) is 10.9. The van der Waals surface area contributed by atoms with Gasteiger partial charge in [0.25, 0.3) is 0 Å². The van der Waals surface area contributed by atoms with E-state index in [1.165, 1.54) is 0 Å². The number of nitrogens with zero attached hydrogens (tertiary/aromatic N) is 3. The van der Waals surface area contributed by atoms with Gasteiger partial charge >= 0.3 is 5.97 Å². The van der Waals surface area contributed by atoms with Gasteiger partial charge in [0, 0.05) is 5.02 Å². The van der Waals surface area contributed by atoms with Crippen molar-refractivity contribution in [3.8, 4) is 0 Å². The molecule has 1 N–H and O–H groups in total. The molecule has 0 aliphatic heterocycles. The highest BCUT2D eigenvalue weighted by Crippen LogP contribution is 2.17. The number of carboxylic acids is 1. The molecule has 0 bridgehead atoms. The van der Waals surface area contributed by atoms with Gasteiger partial charge in [-0.1, -0.05) is 35.5 Å². The minimum absolute atomic E-state index is 0.0285. The van der Waals surface area contributed by atoms with Crippen LogP contribution in [-0.4, -0.2) is 31.6 Å². The molecule has 1 aromatic heterocycles. The van der Waals surface area contributed by atoms with Crippen LogP contribution in [0.3, 0.4) is 0 Å². The Bertz CT molecular complexity index is 541. The third-order valence-electron chi connectivity index (χ3n) is 2.17. The molecule has 94 valence electrons. The predicted molar refractivity (Wildman–Crippen MR) is 68.9 cm³/mol. The van der Waals surface area contributed by atoms with Crippen molar-refractivity contribution in [2.75, 3.05) is 5.75 Å². The molecule has 0 atom stereocenters. The number of benzene rings is 1. The van der Waals surface area contributed by atoms with Gasteiger partial charge < -0.3 is 9.67 Å². The fraction of sp³-hybridized carbons (Fsp3) is 0.182. The van der Waals surface area contributed by atoms with Crippen LogP contribution >= 0.6 is 23.4 Å². The number of carbonyl (C=O) groups is 1. The van der Waals surface area contributed by atoms with Crippen molar-refractivity contribution < 1.29 is 9.90 Å². The Morgan fingerprint density at radius 3 is 2.78 bits per heavy atom. The largest absolute Gasteiger partial charge is 0.481 e. The van der Waals surface area contributed by atoms with Crippen molar-refractivity contribution in [3.05, 3.63) is 41.2 Å². The minimum atomic E-state index is -0.874. The molecular weight excluding hydrogens is 274 g/mol. The monoisotopic (exact) mass is 283 g/mol. The van der Waals surface area contributed by atoms with Gasteiger partial charge in [-0.15, -0.1) is 10.2 Å². The summed E-state index contributed by atoms with van der Waals surface area (Å²) in [5, 5.41) is 17.6. The molecule has 2 aromatic rings. The van der Waals surface area contributed by atoms with Gasteiger partial charge in [0.15, 0.2) is 5.16 Å². The third kappa shape index (κ3) is 3.48. The Labute approximate surface area is 113 Å². The topological polar surface area (TPSA) is 68.0 Å². The highest BCUT2D eigenvalue weighted by molar-refractivity contribution is 7.99. The molecule has 0 radical (unpaired) electrons. The number of thioether (sulfide) groups is 1. The molecule has 1 aromatic carbocycles. The van der Waals surface area contributed by atoms with E-state index in [1.807, 2.05) is 24.3 Å². The van der Waals surface area contributed by atoms with Gasteiger partial charge in [0.05, 0.1) is 12.3 Å². The summed E-state index contributed by atoms with van der Waals surface area (Å²) in [6.45, 7) is 0.589. The summed E-state index contributed by atoms with van der Waals surface area (Å²) in [7, 11) is 0. The Morgan fingerprint density at radius 2 is 2.11 bits per heavy atom. The maximum absolute atomic E-state index is 10.5. The van der Waals surface area contributed by atoms with E-state index in [-0.39, 0.29) is 5.75 Å². The van der Waals surface area contributed by atoms with Gasteiger partial charge in [0.1, 0.15) is 6.33 Å². The normalized spacial score (nSPS) is 10.5. The van der Waals surface area contributed by atoms with E-state index in [4.69, 9.17) is 16.7 Å². The van der Waals surface area contributed by atoms with E-state index >= 15 is 0 Å². The number of halogens is 1. The molecule has 5 nitrogen and oxygen atoms in total. The minimum Gasteiger partial charge on any atom is -0.481 e. The number of hydrogen-bond donors (Lipinski definition) is 1. The molecule has 7 heteroatoms. The van der Waals surface area contributed by atoms with Crippen molar-refractivity contribution in [3.63, 3.8) is 0 Å². The molecule has 0 saturated heterocycles. The van der Waals surface area contributed by atoms with E-state index < -0.39 is 5.97 Å². The molecule has 1 heterocycles. The van der Waals surface area contributed by atoms with Gasteiger partial charge in [-0.2, -0.15) is 0 Å². The van der Waals surface area contributed by atoms with Crippen LogP contribution in [0.2, 0.25) is 5.02 Å². The van der Waals surface area contributed by atoms with E-state index in [1.54, 1.807) is 10.9 Å². The fourth-order valence-electron chi connectivity index (χ4n) is 1.38. The molecule has 0 spiro atoms. The lowest BCUT2D eigenvalue weighted by Crippen LogP contribution is -2.03. The number of hydrogen-bond acceptors (Lipinski definition) is 4. The van der Waals surface area contributed by atoms with Gasteiger partial charge in [-0.05, 0) is 17.7 Å². The number of carboxylic acid groups (broad SMARTS) is 1. The molecule has 0 fully saturated rings. The van der Waals surface area contributed by atoms with E-state index in [9.17, 15) is 4.79 Å². The smallest absolute Gasteiger partial charge is 0.313 e. The van der Waals surface area contributed by atoms with Crippen LogP contribution in [0.1, 0.15) is 5.56 Å². The van der Waals surface area contributed by atoms with Gasteiger partial charge in [0.2, 0.25) is 0 Å². The average molecular weight is 284 g/mol. The van der Waals surface area contributed by atoms with Crippen molar-refractivity contribution >= 4 is 29.3 Å². The van der Waals surface area contributed by atoms with E-state index in [0.717, 1.165) is 17.3 Å². The van der Waals surface area contributed by atoms with Crippen LogP contribution in [-0.2, 0) is 11.3 Å². The molecule has 2 rings (SSSR count). The maximum atomic E-state index is 10.5. The second-order valence-electron chi connectivity index (χ2n) is 3.55. The molecule has 0 aliphatic rings. The summed E-state index contributed by atoms with van der Waals surface area (Å²) in [4.78, 5) is 10.5. The Balaban J connectivity index is 2.07. The molecule has 18 heavy (non-hydrogen) atoms. The third-order valence-corrected chi connectivity index (χ3v) is 3.39. The lowest BCUT2D eigenvalue weighted by Gasteiger charge is -2.05. The summed E-state index contributed by atoms with van der Waals surface area (Å²) in [5.41, 5.74) is 1.05. The Hall–Kier alpha value is -1.53. The Morgan fingerprint density at radius 1 is 1.39 bits per heavy atom. The van der Waals surface area contributed by atoms with Crippen LogP contribution in [0.4, 0.5) is 0 Å². The SMILES string of the molecule is O=C(O)CSc1nncn1Cc1ccc(Cl)cc1. The zero-order chi connectivity index (χ0) is 13.0. The van der Waals surface area contributed by atoms with Gasteiger partial charge in [-0.25, -0.2) is 0 Å². The highest BCUT2D eigenvalue weighted by atomic mass is 35.5. The lowest BCUT2D eigenvalue weighted by atomic mass is 10.2. The van der Waals surface area contributed by atoms with Crippen LogP contribution in [0.15, 0.2) is 35.7 Å². The number of aromatic nitrogens is 3. The average Bonchev–Trinajstić information content (AvgIpc) is 2.77. The summed E-state index contributed by atoms with van der Waals surface area (Å²) in [6, 6.07) is 7.44. The first-order valence-electron chi connectivity index (χ1n) is 5.12. The summed E-state index contributed by atoms with van der Waals surface area (Å²) >= 11 is 6.96. The van der Waals surface area contributed by atoms with Crippen molar-refractivity contribution in [1.29, 1.82) is 0 Å². The molecule has 0 aliphatic carbocycles. The molecular formula is C11H10ClN3O2S. The van der Waals surface area contributed by atoms with Crippen molar-refractivity contribution in [2.45, 2.75) is 11.7 Å². The molecule has 0 saturated carbocycles. The van der Waals surface area contributed by atoms with Crippen LogP contribution in [0, 0.1) is 0 Å². The zero-order valence-electron chi connectivity index (χ0n) is 9.28. The van der Waals surface area contributed by atoms with Crippen LogP contribution < -0.4 is 0 Å². The second kappa shape index (κ2) is 5.88. The van der Waals surface area contributed by atoms with Gasteiger partial charge in [-0.3, -0.25) is 4.79 Å². The standard InChI is InChI=1S/C11H10ClN3O2S/c12-9-3-1-8(2-4-9)5-15-7-13-14-11(15)18-6-10(16)17/h1-4,7H,5-6H2,(H,16,17). The van der Waals surface area contributed by atoms with Crippen LogP contribution in [0.25, 0.3) is 0 Å². The number of aliphatic carboxylic acids is 1. The summed E-state index contributed by atoms with van der Waals surface area (Å²) in [5.74, 6) is -0.902. The maximum Gasteiger partial charge on any atom is 0.313 e. The fourth-order valence-corrected chi connectivity index (χ4v) is 2.14. The summed E-state index contributed by atoms with van der Waals surface area (Å²) < 4.78 is 1.80. The summed E-state index contributed by atoms with van der Waals surface area (Å²) in [6.07, 6.45) is 1.58. The quantitative estimate of drug-likeness (QED) is 0.852. The van der Waals surface area contributed by atoms with E-state index in [0.29, 0.717) is 16.7 Å². The number of rotatable bonds is 5. The first-order chi connectivity index (χ1) is 8.65. The lowest BCUT2D eigenvalue weighted by molar-refractivity contribution is -0.133.